The van der Waals surface area contributed by atoms with Crippen LogP contribution in [0.15, 0.2) is 60.7 Å². The third-order valence-electron chi connectivity index (χ3n) is 2.71. The molecular weight excluding hydrogens is 206 g/mol. The molecule has 0 aromatic heterocycles. The van der Waals surface area contributed by atoms with Crippen LogP contribution in [0.4, 0.5) is 0 Å². The number of nitriles is 1. The van der Waals surface area contributed by atoms with Gasteiger partial charge in [-0.25, -0.2) is 0 Å². The molecule has 0 bridgehead atoms. The van der Waals surface area contributed by atoms with Gasteiger partial charge in [0.05, 0.1) is 11.6 Å². The molecule has 0 fully saturated rings. The van der Waals surface area contributed by atoms with Crippen molar-refractivity contribution >= 4 is 5.57 Å². The molecule has 0 aliphatic rings. The summed E-state index contributed by atoms with van der Waals surface area (Å²) < 4.78 is 0. The average Bonchev–Trinajstić information content (AvgIpc) is 2.42. The third kappa shape index (κ3) is 2.26. The van der Waals surface area contributed by atoms with E-state index >= 15 is 0 Å². The summed E-state index contributed by atoms with van der Waals surface area (Å²) in [7, 11) is 0. The van der Waals surface area contributed by atoms with Gasteiger partial charge in [-0.05, 0) is 23.6 Å². The normalized spacial score (nSPS) is 10.9. The van der Waals surface area contributed by atoms with E-state index in [4.69, 9.17) is 5.26 Å². The zero-order chi connectivity index (χ0) is 12.1. The topological polar surface area (TPSA) is 23.8 Å². The zero-order valence-corrected chi connectivity index (χ0v) is 9.72. The van der Waals surface area contributed by atoms with Gasteiger partial charge in [0.15, 0.2) is 0 Å². The lowest BCUT2D eigenvalue weighted by Crippen LogP contribution is -1.87. The maximum absolute atomic E-state index is 9.13. The van der Waals surface area contributed by atoms with E-state index in [9.17, 15) is 0 Å². The zero-order valence-electron chi connectivity index (χ0n) is 9.72. The highest BCUT2D eigenvalue weighted by molar-refractivity contribution is 5.86. The summed E-state index contributed by atoms with van der Waals surface area (Å²) in [6, 6.07) is 20.4. The molecule has 0 saturated carbocycles. The largest absolute Gasteiger partial charge is 0.192 e. The van der Waals surface area contributed by atoms with Gasteiger partial charge in [0.2, 0.25) is 0 Å². The Morgan fingerprint density at radius 3 is 2.29 bits per heavy atom. The Kier molecular flexibility index (Phi) is 3.37. The van der Waals surface area contributed by atoms with Crippen LogP contribution in [0.1, 0.15) is 12.5 Å². The molecule has 2 aromatic rings. The average molecular weight is 219 g/mol. The lowest BCUT2D eigenvalue weighted by Gasteiger charge is -2.08. The van der Waals surface area contributed by atoms with Gasteiger partial charge < -0.3 is 0 Å². The lowest BCUT2D eigenvalue weighted by molar-refractivity contribution is 1.50. The van der Waals surface area contributed by atoms with E-state index in [0.29, 0.717) is 5.57 Å². The predicted molar refractivity (Wildman–Crippen MR) is 71.1 cm³/mol. The maximum atomic E-state index is 9.13. The monoisotopic (exact) mass is 219 g/mol. The number of benzene rings is 2. The fourth-order valence-corrected chi connectivity index (χ4v) is 1.87. The van der Waals surface area contributed by atoms with Crippen LogP contribution >= 0.6 is 0 Å². The van der Waals surface area contributed by atoms with Gasteiger partial charge in [0.1, 0.15) is 0 Å². The molecule has 1 heteroatoms. The first-order chi connectivity index (χ1) is 8.36. The van der Waals surface area contributed by atoms with Gasteiger partial charge in [0.25, 0.3) is 0 Å². The van der Waals surface area contributed by atoms with Crippen LogP contribution < -0.4 is 0 Å². The highest BCUT2D eigenvalue weighted by atomic mass is 14.3. The molecule has 0 spiro atoms. The molecule has 0 amide bonds. The minimum absolute atomic E-state index is 0.712. The molecule has 0 N–H and O–H groups in total. The van der Waals surface area contributed by atoms with Crippen molar-refractivity contribution in [1.82, 2.24) is 0 Å². The first-order valence-electron chi connectivity index (χ1n) is 5.58. The van der Waals surface area contributed by atoms with E-state index < -0.39 is 0 Å². The molecule has 0 aliphatic carbocycles. The molecule has 0 saturated heterocycles. The number of rotatable bonds is 2. The van der Waals surface area contributed by atoms with Crippen molar-refractivity contribution in [3.63, 3.8) is 0 Å². The van der Waals surface area contributed by atoms with Gasteiger partial charge >= 0.3 is 0 Å². The Labute approximate surface area is 102 Å². The van der Waals surface area contributed by atoms with Crippen LogP contribution in [0.3, 0.4) is 0 Å². The van der Waals surface area contributed by atoms with Crippen LogP contribution in [0, 0.1) is 11.3 Å². The SMILES string of the molecule is C/C=C(/C#N)c1ccccc1-c1ccccc1. The standard InChI is InChI=1S/C16H13N/c1-2-13(12-17)15-10-6-7-11-16(15)14-8-4-3-5-9-14/h2-11H,1H3/b13-2-. The van der Waals surface area contributed by atoms with Crippen molar-refractivity contribution in [2.24, 2.45) is 0 Å². The van der Waals surface area contributed by atoms with Gasteiger partial charge in [-0.3, -0.25) is 0 Å². The van der Waals surface area contributed by atoms with Crippen LogP contribution in [0.5, 0.6) is 0 Å². The number of hydrogen-bond donors (Lipinski definition) is 0. The molecule has 17 heavy (non-hydrogen) atoms. The van der Waals surface area contributed by atoms with E-state index in [0.717, 1.165) is 16.7 Å². The van der Waals surface area contributed by atoms with Gasteiger partial charge in [-0.15, -0.1) is 0 Å². The fourth-order valence-electron chi connectivity index (χ4n) is 1.87. The van der Waals surface area contributed by atoms with E-state index in [-0.39, 0.29) is 0 Å². The molecule has 0 heterocycles. The number of allylic oxidation sites excluding steroid dienone is 2. The number of hydrogen-bond acceptors (Lipinski definition) is 1. The van der Waals surface area contributed by atoms with Crippen LogP contribution in [0.25, 0.3) is 16.7 Å². The summed E-state index contributed by atoms with van der Waals surface area (Å²) >= 11 is 0. The predicted octanol–water partition coefficient (Wildman–Crippen LogP) is 4.28. The lowest BCUT2D eigenvalue weighted by atomic mass is 9.95. The van der Waals surface area contributed by atoms with Gasteiger partial charge in [-0.1, -0.05) is 60.7 Å². The quantitative estimate of drug-likeness (QED) is 0.691. The Morgan fingerprint density at radius 2 is 1.65 bits per heavy atom. The van der Waals surface area contributed by atoms with Crippen molar-refractivity contribution in [1.29, 1.82) is 5.26 Å². The summed E-state index contributed by atoms with van der Waals surface area (Å²) in [4.78, 5) is 0. The van der Waals surface area contributed by atoms with Crippen molar-refractivity contribution in [3.8, 4) is 17.2 Å². The van der Waals surface area contributed by atoms with E-state index in [2.05, 4.69) is 18.2 Å². The second-order valence-corrected chi connectivity index (χ2v) is 3.73. The minimum Gasteiger partial charge on any atom is -0.192 e. The molecule has 0 unspecified atom stereocenters. The van der Waals surface area contributed by atoms with Crippen LogP contribution in [0.2, 0.25) is 0 Å². The van der Waals surface area contributed by atoms with Crippen molar-refractivity contribution in [3.05, 3.63) is 66.2 Å². The number of nitrogens with zero attached hydrogens (tertiary/aromatic N) is 1. The Hall–Kier alpha value is -2.33. The van der Waals surface area contributed by atoms with E-state index in [1.165, 1.54) is 0 Å². The summed E-state index contributed by atoms with van der Waals surface area (Å²) in [6.45, 7) is 1.89. The molecule has 1 nitrogen and oxygen atoms in total. The van der Waals surface area contributed by atoms with Crippen molar-refractivity contribution in [2.75, 3.05) is 0 Å². The van der Waals surface area contributed by atoms with E-state index in [1.807, 2.05) is 55.5 Å². The molecule has 0 radical (unpaired) electrons. The molecule has 82 valence electrons. The smallest absolute Gasteiger partial charge is 0.0994 e. The second-order valence-electron chi connectivity index (χ2n) is 3.73. The summed E-state index contributed by atoms with van der Waals surface area (Å²) in [5.41, 5.74) is 3.94. The fraction of sp³-hybridized carbons (Fsp3) is 0.0625. The molecule has 0 aliphatic heterocycles. The van der Waals surface area contributed by atoms with Crippen molar-refractivity contribution < 1.29 is 0 Å². The second kappa shape index (κ2) is 5.14. The third-order valence-corrected chi connectivity index (χ3v) is 2.71. The summed E-state index contributed by atoms with van der Waals surface area (Å²) in [5, 5.41) is 9.13. The molecule has 2 rings (SSSR count). The highest BCUT2D eigenvalue weighted by Crippen LogP contribution is 2.28. The van der Waals surface area contributed by atoms with Crippen molar-refractivity contribution in [2.45, 2.75) is 6.92 Å². The van der Waals surface area contributed by atoms with Crippen LogP contribution in [-0.2, 0) is 0 Å². The first kappa shape index (κ1) is 11.2. The van der Waals surface area contributed by atoms with E-state index in [1.54, 1.807) is 0 Å². The summed E-state index contributed by atoms with van der Waals surface area (Å²) in [5.74, 6) is 0. The highest BCUT2D eigenvalue weighted by Gasteiger charge is 2.07. The maximum Gasteiger partial charge on any atom is 0.0994 e. The van der Waals surface area contributed by atoms with Gasteiger partial charge in [0, 0.05) is 0 Å². The van der Waals surface area contributed by atoms with Crippen LogP contribution in [-0.4, -0.2) is 0 Å². The minimum atomic E-state index is 0.712. The Morgan fingerprint density at radius 1 is 1.00 bits per heavy atom. The Bertz CT molecular complexity index is 574. The van der Waals surface area contributed by atoms with Gasteiger partial charge in [-0.2, -0.15) is 5.26 Å². The molecule has 0 atom stereocenters. The molecule has 2 aromatic carbocycles. The Balaban J connectivity index is 2.61. The first-order valence-corrected chi connectivity index (χ1v) is 5.58. The molecular formula is C16H13N. The summed E-state index contributed by atoms with van der Waals surface area (Å²) in [6.07, 6.45) is 1.85.